The molecule has 2 aromatic carbocycles. The first-order valence-corrected chi connectivity index (χ1v) is 7.15. The van der Waals surface area contributed by atoms with E-state index in [1.165, 1.54) is 0 Å². The zero-order valence-corrected chi connectivity index (χ0v) is 12.1. The van der Waals surface area contributed by atoms with E-state index in [9.17, 15) is 4.79 Å². The number of rotatable bonds is 4. The van der Waals surface area contributed by atoms with Gasteiger partial charge in [0.15, 0.2) is 0 Å². The van der Waals surface area contributed by atoms with Crippen LogP contribution >= 0.6 is 0 Å². The van der Waals surface area contributed by atoms with Gasteiger partial charge in [0.25, 0.3) is 5.91 Å². The Kier molecular flexibility index (Phi) is 4.25. The van der Waals surface area contributed by atoms with E-state index in [4.69, 9.17) is 0 Å². The van der Waals surface area contributed by atoms with Crippen LogP contribution in [-0.4, -0.2) is 10.9 Å². The van der Waals surface area contributed by atoms with E-state index in [1.54, 1.807) is 17.3 Å². The van der Waals surface area contributed by atoms with Crippen molar-refractivity contribution in [2.24, 2.45) is 0 Å². The van der Waals surface area contributed by atoms with Crippen LogP contribution in [0.1, 0.15) is 15.9 Å². The summed E-state index contributed by atoms with van der Waals surface area (Å²) >= 11 is 0. The molecule has 3 rings (SSSR count). The van der Waals surface area contributed by atoms with Crippen LogP contribution in [0, 0.1) is 0 Å². The molecule has 3 aromatic rings. The Morgan fingerprint density at radius 3 is 2.18 bits per heavy atom. The smallest absolute Gasteiger partial charge is 0.258 e. The van der Waals surface area contributed by atoms with Gasteiger partial charge in [-0.25, -0.2) is 0 Å². The van der Waals surface area contributed by atoms with Crippen LogP contribution in [-0.2, 0) is 6.54 Å². The lowest BCUT2D eigenvalue weighted by molar-refractivity contribution is 0.0985. The van der Waals surface area contributed by atoms with Gasteiger partial charge in [-0.1, -0.05) is 42.5 Å². The lowest BCUT2D eigenvalue weighted by Gasteiger charge is -2.23. The molecule has 0 unspecified atom stereocenters. The molecule has 0 fully saturated rings. The monoisotopic (exact) mass is 288 g/mol. The highest BCUT2D eigenvalue weighted by Gasteiger charge is 2.17. The molecule has 0 bridgehead atoms. The molecule has 22 heavy (non-hydrogen) atoms. The minimum Gasteiger partial charge on any atom is -0.304 e. The van der Waals surface area contributed by atoms with Crippen molar-refractivity contribution in [2.75, 3.05) is 4.90 Å². The summed E-state index contributed by atoms with van der Waals surface area (Å²) in [7, 11) is 0. The van der Waals surface area contributed by atoms with Gasteiger partial charge < -0.3 is 4.90 Å². The molecule has 3 nitrogen and oxygen atoms in total. The van der Waals surface area contributed by atoms with Gasteiger partial charge in [0.05, 0.1) is 6.54 Å². The second-order valence-corrected chi connectivity index (χ2v) is 4.95. The van der Waals surface area contributed by atoms with Crippen LogP contribution in [0.5, 0.6) is 0 Å². The second kappa shape index (κ2) is 6.68. The molecular weight excluding hydrogens is 272 g/mol. The number of anilines is 1. The van der Waals surface area contributed by atoms with Gasteiger partial charge in [-0.2, -0.15) is 0 Å². The normalized spacial score (nSPS) is 10.2. The van der Waals surface area contributed by atoms with Gasteiger partial charge in [-0.15, -0.1) is 0 Å². The van der Waals surface area contributed by atoms with Crippen LogP contribution in [0.2, 0.25) is 0 Å². The van der Waals surface area contributed by atoms with E-state index >= 15 is 0 Å². The van der Waals surface area contributed by atoms with E-state index in [-0.39, 0.29) is 5.91 Å². The Bertz CT molecular complexity index is 727. The minimum atomic E-state index is -0.0179. The van der Waals surface area contributed by atoms with Crippen molar-refractivity contribution in [3.8, 4) is 0 Å². The van der Waals surface area contributed by atoms with E-state index in [2.05, 4.69) is 4.98 Å². The maximum Gasteiger partial charge on any atom is 0.258 e. The van der Waals surface area contributed by atoms with Gasteiger partial charge in [-0.05, 0) is 35.9 Å². The largest absolute Gasteiger partial charge is 0.304 e. The number of nitrogens with zero attached hydrogens (tertiary/aromatic N) is 2. The molecule has 3 heteroatoms. The molecule has 1 aromatic heterocycles. The van der Waals surface area contributed by atoms with E-state index < -0.39 is 0 Å². The van der Waals surface area contributed by atoms with Crippen molar-refractivity contribution in [2.45, 2.75) is 6.54 Å². The lowest BCUT2D eigenvalue weighted by Crippen LogP contribution is -2.30. The molecule has 1 heterocycles. The van der Waals surface area contributed by atoms with Crippen LogP contribution in [0.15, 0.2) is 85.2 Å². The fourth-order valence-corrected chi connectivity index (χ4v) is 2.30. The van der Waals surface area contributed by atoms with Crippen LogP contribution in [0.4, 0.5) is 5.69 Å². The van der Waals surface area contributed by atoms with Gasteiger partial charge in [0.1, 0.15) is 0 Å². The lowest BCUT2D eigenvalue weighted by atomic mass is 10.1. The first kappa shape index (κ1) is 14.0. The van der Waals surface area contributed by atoms with Crippen molar-refractivity contribution in [3.63, 3.8) is 0 Å². The Hall–Kier alpha value is -2.94. The molecule has 0 aliphatic carbocycles. The Labute approximate surface area is 129 Å². The van der Waals surface area contributed by atoms with Crippen molar-refractivity contribution >= 4 is 11.6 Å². The third-order valence-electron chi connectivity index (χ3n) is 3.40. The minimum absolute atomic E-state index is 0.0179. The van der Waals surface area contributed by atoms with Gasteiger partial charge in [0.2, 0.25) is 0 Å². The quantitative estimate of drug-likeness (QED) is 0.729. The van der Waals surface area contributed by atoms with Crippen LogP contribution in [0.25, 0.3) is 0 Å². The fraction of sp³-hybridized carbons (Fsp3) is 0.0526. The molecule has 0 aliphatic rings. The van der Waals surface area contributed by atoms with Crippen LogP contribution < -0.4 is 4.90 Å². The van der Waals surface area contributed by atoms with Crippen molar-refractivity contribution < 1.29 is 4.79 Å². The number of pyridine rings is 1. The van der Waals surface area contributed by atoms with Crippen molar-refractivity contribution in [1.82, 2.24) is 4.98 Å². The summed E-state index contributed by atoms with van der Waals surface area (Å²) in [6.07, 6.45) is 3.52. The molecule has 1 amide bonds. The average molecular weight is 288 g/mol. The second-order valence-electron chi connectivity index (χ2n) is 4.95. The maximum absolute atomic E-state index is 12.9. The molecular formula is C19H16N2O. The predicted octanol–water partition coefficient (Wildman–Crippen LogP) is 3.93. The van der Waals surface area contributed by atoms with Gasteiger partial charge >= 0.3 is 0 Å². The third-order valence-corrected chi connectivity index (χ3v) is 3.40. The summed E-state index contributed by atoms with van der Waals surface area (Å²) in [6, 6.07) is 22.9. The number of hydrogen-bond donors (Lipinski definition) is 0. The molecule has 0 atom stereocenters. The van der Waals surface area contributed by atoms with Crippen LogP contribution in [0.3, 0.4) is 0 Å². The van der Waals surface area contributed by atoms with Crippen molar-refractivity contribution in [1.29, 1.82) is 0 Å². The number of amides is 1. The number of carbonyl (C=O) groups excluding carboxylic acids is 1. The van der Waals surface area contributed by atoms with Crippen molar-refractivity contribution in [3.05, 3.63) is 96.3 Å². The van der Waals surface area contributed by atoms with E-state index in [1.807, 2.05) is 72.8 Å². The first-order valence-electron chi connectivity index (χ1n) is 7.15. The fourth-order valence-electron chi connectivity index (χ4n) is 2.30. The average Bonchev–Trinajstić information content (AvgIpc) is 2.61. The maximum atomic E-state index is 12.9. The Balaban J connectivity index is 1.95. The number of hydrogen-bond acceptors (Lipinski definition) is 2. The summed E-state index contributed by atoms with van der Waals surface area (Å²) in [6.45, 7) is 0.492. The number of carbonyl (C=O) groups is 1. The summed E-state index contributed by atoms with van der Waals surface area (Å²) in [4.78, 5) is 18.8. The Morgan fingerprint density at radius 2 is 1.55 bits per heavy atom. The number of aromatic nitrogens is 1. The number of para-hydroxylation sites is 1. The Morgan fingerprint density at radius 1 is 0.864 bits per heavy atom. The SMILES string of the molecule is O=C(c1ccccc1)N(Cc1cccnc1)c1ccccc1. The summed E-state index contributed by atoms with van der Waals surface area (Å²) in [5.41, 5.74) is 2.55. The summed E-state index contributed by atoms with van der Waals surface area (Å²) < 4.78 is 0. The summed E-state index contributed by atoms with van der Waals surface area (Å²) in [5.74, 6) is -0.0179. The topological polar surface area (TPSA) is 33.2 Å². The zero-order chi connectivity index (χ0) is 15.2. The molecule has 0 saturated heterocycles. The van der Waals surface area contributed by atoms with Gasteiger partial charge in [-0.3, -0.25) is 9.78 Å². The molecule has 0 N–H and O–H groups in total. The highest BCUT2D eigenvalue weighted by atomic mass is 16.2. The first-order chi connectivity index (χ1) is 10.8. The predicted molar refractivity (Wildman–Crippen MR) is 87.6 cm³/mol. The highest BCUT2D eigenvalue weighted by Crippen LogP contribution is 2.19. The molecule has 0 radical (unpaired) electrons. The molecule has 0 spiro atoms. The number of benzene rings is 2. The molecule has 0 saturated carbocycles. The standard InChI is InChI=1S/C19H16N2O/c22-19(17-9-3-1-4-10-17)21(18-11-5-2-6-12-18)15-16-8-7-13-20-14-16/h1-14H,15H2. The zero-order valence-electron chi connectivity index (χ0n) is 12.1. The van der Waals surface area contributed by atoms with E-state index in [0.717, 1.165) is 11.3 Å². The highest BCUT2D eigenvalue weighted by molar-refractivity contribution is 6.05. The third kappa shape index (κ3) is 3.20. The molecule has 0 aliphatic heterocycles. The van der Waals surface area contributed by atoms with E-state index in [0.29, 0.717) is 12.1 Å². The summed E-state index contributed by atoms with van der Waals surface area (Å²) in [5, 5.41) is 0. The molecule has 108 valence electrons. The van der Waals surface area contributed by atoms with Gasteiger partial charge in [0, 0.05) is 23.6 Å².